The van der Waals surface area contributed by atoms with E-state index >= 15 is 0 Å². The van der Waals surface area contributed by atoms with Crippen molar-refractivity contribution in [2.24, 2.45) is 0 Å². The molecule has 1 saturated heterocycles. The summed E-state index contributed by atoms with van der Waals surface area (Å²) >= 11 is 6.17. The molecule has 104 valence electrons. The van der Waals surface area contributed by atoms with Crippen molar-refractivity contribution in [3.8, 4) is 0 Å². The molecule has 1 aliphatic heterocycles. The summed E-state index contributed by atoms with van der Waals surface area (Å²) in [4.78, 5) is 0. The molecule has 0 radical (unpaired) electrons. The third-order valence-corrected chi connectivity index (χ3v) is 4.46. The molecule has 1 fully saturated rings. The van der Waals surface area contributed by atoms with Gasteiger partial charge in [0.25, 0.3) is 0 Å². The van der Waals surface area contributed by atoms with Crippen LogP contribution in [0.4, 0.5) is 0 Å². The fourth-order valence-corrected chi connectivity index (χ4v) is 3.44. The highest BCUT2D eigenvalue weighted by Crippen LogP contribution is 2.38. The number of nitrogens with one attached hydrogen (secondary N) is 1. The first-order chi connectivity index (χ1) is 9.74. The number of halogens is 1. The maximum absolute atomic E-state index is 6.17. The first kappa shape index (κ1) is 13.7. The molecule has 2 aromatic rings. The lowest BCUT2D eigenvalue weighted by Gasteiger charge is -2.33. The molecule has 0 aromatic heterocycles. The van der Waals surface area contributed by atoms with Crippen LogP contribution in [0.15, 0.2) is 48.5 Å². The standard InChI is InChI=1S/C18H20ClN/c1-13-4-2-5-14(10-13)18-12-20-9-8-17(18)15-6-3-7-16(19)11-15/h2-7,10-11,17-18,20H,8-9,12H2,1H3. The zero-order chi connectivity index (χ0) is 13.9. The van der Waals surface area contributed by atoms with Gasteiger partial charge in [-0.2, -0.15) is 0 Å². The Kier molecular flexibility index (Phi) is 4.09. The lowest BCUT2D eigenvalue weighted by Crippen LogP contribution is -2.34. The van der Waals surface area contributed by atoms with Gasteiger partial charge in [0.15, 0.2) is 0 Å². The lowest BCUT2D eigenvalue weighted by atomic mass is 9.77. The number of piperidine rings is 1. The Bertz CT molecular complexity index is 540. The average molecular weight is 286 g/mol. The van der Waals surface area contributed by atoms with E-state index in [2.05, 4.69) is 54.7 Å². The summed E-state index contributed by atoms with van der Waals surface area (Å²) in [5, 5.41) is 4.37. The molecule has 1 N–H and O–H groups in total. The molecule has 0 bridgehead atoms. The minimum atomic E-state index is 0.530. The van der Waals surface area contributed by atoms with Crippen LogP contribution in [0.2, 0.25) is 5.02 Å². The summed E-state index contributed by atoms with van der Waals surface area (Å²) in [6, 6.07) is 17.2. The second-order valence-electron chi connectivity index (χ2n) is 5.67. The van der Waals surface area contributed by atoms with Gasteiger partial charge in [-0.3, -0.25) is 0 Å². The maximum Gasteiger partial charge on any atom is 0.0408 e. The van der Waals surface area contributed by atoms with Gasteiger partial charge in [0.1, 0.15) is 0 Å². The van der Waals surface area contributed by atoms with Crippen LogP contribution < -0.4 is 5.32 Å². The smallest absolute Gasteiger partial charge is 0.0408 e. The highest BCUT2D eigenvalue weighted by molar-refractivity contribution is 6.30. The highest BCUT2D eigenvalue weighted by atomic mass is 35.5. The molecule has 1 heterocycles. The Hall–Kier alpha value is -1.31. The van der Waals surface area contributed by atoms with Crippen LogP contribution in [0.5, 0.6) is 0 Å². The number of hydrogen-bond acceptors (Lipinski definition) is 1. The van der Waals surface area contributed by atoms with Gasteiger partial charge in [-0.25, -0.2) is 0 Å². The monoisotopic (exact) mass is 285 g/mol. The molecular weight excluding hydrogens is 266 g/mol. The van der Waals surface area contributed by atoms with Crippen LogP contribution in [0.1, 0.15) is 34.9 Å². The minimum absolute atomic E-state index is 0.530. The molecule has 0 spiro atoms. The van der Waals surface area contributed by atoms with E-state index in [1.54, 1.807) is 0 Å². The molecule has 20 heavy (non-hydrogen) atoms. The van der Waals surface area contributed by atoms with Gasteiger partial charge in [0.2, 0.25) is 0 Å². The van der Waals surface area contributed by atoms with Crippen molar-refractivity contribution in [1.29, 1.82) is 0 Å². The predicted molar refractivity (Wildman–Crippen MR) is 85.6 cm³/mol. The number of aryl methyl sites for hydroxylation is 1. The Morgan fingerprint density at radius 1 is 1.00 bits per heavy atom. The van der Waals surface area contributed by atoms with Crippen molar-refractivity contribution in [3.05, 3.63) is 70.2 Å². The fourth-order valence-electron chi connectivity index (χ4n) is 3.25. The third kappa shape index (κ3) is 2.89. The van der Waals surface area contributed by atoms with Crippen LogP contribution in [-0.2, 0) is 0 Å². The summed E-state index contributed by atoms with van der Waals surface area (Å²) in [5.41, 5.74) is 4.13. The van der Waals surface area contributed by atoms with E-state index in [-0.39, 0.29) is 0 Å². The number of hydrogen-bond donors (Lipinski definition) is 1. The first-order valence-electron chi connectivity index (χ1n) is 7.27. The van der Waals surface area contributed by atoms with Crippen molar-refractivity contribution in [2.75, 3.05) is 13.1 Å². The molecule has 2 atom stereocenters. The molecule has 1 nitrogen and oxygen atoms in total. The van der Waals surface area contributed by atoms with Crippen LogP contribution in [0.3, 0.4) is 0 Å². The van der Waals surface area contributed by atoms with Crippen LogP contribution in [-0.4, -0.2) is 13.1 Å². The molecular formula is C18H20ClN. The number of benzene rings is 2. The fraction of sp³-hybridized carbons (Fsp3) is 0.333. The second kappa shape index (κ2) is 5.99. The summed E-state index contributed by atoms with van der Waals surface area (Å²) in [6.45, 7) is 4.29. The van der Waals surface area contributed by atoms with Crippen molar-refractivity contribution in [1.82, 2.24) is 5.32 Å². The molecule has 1 aliphatic rings. The third-order valence-electron chi connectivity index (χ3n) is 4.23. The van der Waals surface area contributed by atoms with Gasteiger partial charge in [0.05, 0.1) is 0 Å². The van der Waals surface area contributed by atoms with Gasteiger partial charge >= 0.3 is 0 Å². The second-order valence-corrected chi connectivity index (χ2v) is 6.11. The van der Waals surface area contributed by atoms with Gasteiger partial charge in [-0.05, 0) is 49.1 Å². The Balaban J connectivity index is 1.95. The largest absolute Gasteiger partial charge is 0.316 e. The first-order valence-corrected chi connectivity index (χ1v) is 7.64. The molecule has 0 amide bonds. The molecule has 2 aromatic carbocycles. The maximum atomic E-state index is 6.17. The summed E-state index contributed by atoms with van der Waals surface area (Å²) in [6.07, 6.45) is 1.17. The van der Waals surface area contributed by atoms with E-state index in [4.69, 9.17) is 11.6 Å². The summed E-state index contributed by atoms with van der Waals surface area (Å²) in [7, 11) is 0. The predicted octanol–water partition coefficient (Wildman–Crippen LogP) is 4.51. The summed E-state index contributed by atoms with van der Waals surface area (Å²) in [5.74, 6) is 1.08. The summed E-state index contributed by atoms with van der Waals surface area (Å²) < 4.78 is 0. The van der Waals surface area contributed by atoms with Crippen molar-refractivity contribution in [3.63, 3.8) is 0 Å². The van der Waals surface area contributed by atoms with E-state index < -0.39 is 0 Å². The SMILES string of the molecule is Cc1cccc(C2CNCCC2c2cccc(Cl)c2)c1. The normalized spacial score (nSPS) is 22.7. The Labute approximate surface area is 126 Å². The van der Waals surface area contributed by atoms with Crippen molar-refractivity contribution in [2.45, 2.75) is 25.2 Å². The average Bonchev–Trinajstić information content (AvgIpc) is 2.47. The van der Waals surface area contributed by atoms with Gasteiger partial charge in [-0.1, -0.05) is 53.6 Å². The van der Waals surface area contributed by atoms with E-state index in [0.29, 0.717) is 11.8 Å². The topological polar surface area (TPSA) is 12.0 Å². The van der Waals surface area contributed by atoms with E-state index in [1.807, 2.05) is 6.07 Å². The van der Waals surface area contributed by atoms with Crippen LogP contribution >= 0.6 is 11.6 Å². The van der Waals surface area contributed by atoms with E-state index in [9.17, 15) is 0 Å². The minimum Gasteiger partial charge on any atom is -0.316 e. The van der Waals surface area contributed by atoms with Gasteiger partial charge in [-0.15, -0.1) is 0 Å². The zero-order valence-corrected chi connectivity index (χ0v) is 12.5. The molecule has 3 rings (SSSR count). The van der Waals surface area contributed by atoms with Gasteiger partial charge in [0, 0.05) is 17.5 Å². The molecule has 0 aliphatic carbocycles. The van der Waals surface area contributed by atoms with Crippen molar-refractivity contribution >= 4 is 11.6 Å². The Morgan fingerprint density at radius 3 is 2.50 bits per heavy atom. The lowest BCUT2D eigenvalue weighted by molar-refractivity contribution is 0.404. The molecule has 2 heteroatoms. The van der Waals surface area contributed by atoms with E-state index in [1.165, 1.54) is 23.1 Å². The van der Waals surface area contributed by atoms with Gasteiger partial charge < -0.3 is 5.32 Å². The zero-order valence-electron chi connectivity index (χ0n) is 11.8. The molecule has 0 saturated carbocycles. The van der Waals surface area contributed by atoms with Crippen LogP contribution in [0.25, 0.3) is 0 Å². The highest BCUT2D eigenvalue weighted by Gasteiger charge is 2.27. The molecule has 2 unspecified atom stereocenters. The van der Waals surface area contributed by atoms with Crippen molar-refractivity contribution < 1.29 is 0 Å². The van der Waals surface area contributed by atoms with E-state index in [0.717, 1.165) is 18.1 Å². The van der Waals surface area contributed by atoms with Crippen LogP contribution in [0, 0.1) is 6.92 Å². The number of rotatable bonds is 2. The Morgan fingerprint density at radius 2 is 1.75 bits per heavy atom. The quantitative estimate of drug-likeness (QED) is 0.856.